The second-order valence-corrected chi connectivity index (χ2v) is 8.57. The molecular weight excluding hydrogens is 376 g/mol. The zero-order valence-electron chi connectivity index (χ0n) is 16.0. The summed E-state index contributed by atoms with van der Waals surface area (Å²) in [6.07, 6.45) is 8.10. The number of likely N-dealkylation sites (tertiary alicyclic amines) is 1. The predicted molar refractivity (Wildman–Crippen MR) is 108 cm³/mol. The van der Waals surface area contributed by atoms with Gasteiger partial charge in [-0.05, 0) is 63.1 Å². The number of benzene rings is 1. The summed E-state index contributed by atoms with van der Waals surface area (Å²) < 4.78 is 0. The molecule has 2 atom stereocenters. The number of hydrogen-bond donors (Lipinski definition) is 1. The van der Waals surface area contributed by atoms with E-state index in [1.165, 1.54) is 4.90 Å². The standard InChI is InChI=1S/C22H25ClN2O3/c1-13-6-9-15(12-19(13)23)24-20(26)14-7-10-16(11-8-14)25-21(27)17-4-2-3-5-18(17)22(25)28/h2-3,6,9,12,14,16-18H,4-5,7-8,10-11H2,1H3,(H,24,26)/t14?,16?,17-,18-/m0/s1. The number of nitrogens with one attached hydrogen (secondary N) is 1. The number of aryl methyl sites for hydroxylation is 1. The molecule has 3 amide bonds. The van der Waals surface area contributed by atoms with E-state index in [-0.39, 0.29) is 41.5 Å². The number of fused-ring (bicyclic) bond motifs is 1. The van der Waals surface area contributed by atoms with Gasteiger partial charge in [0, 0.05) is 22.7 Å². The monoisotopic (exact) mass is 400 g/mol. The summed E-state index contributed by atoms with van der Waals surface area (Å²) in [5.74, 6) is -0.499. The second kappa shape index (κ2) is 7.70. The maximum Gasteiger partial charge on any atom is 0.233 e. The van der Waals surface area contributed by atoms with Gasteiger partial charge in [0.1, 0.15) is 0 Å². The summed E-state index contributed by atoms with van der Waals surface area (Å²) in [5.41, 5.74) is 1.67. The van der Waals surface area contributed by atoms with Gasteiger partial charge in [-0.3, -0.25) is 19.3 Å². The molecule has 1 N–H and O–H groups in total. The molecule has 3 aliphatic rings. The van der Waals surface area contributed by atoms with Crippen LogP contribution in [0.3, 0.4) is 0 Å². The molecule has 1 aromatic rings. The van der Waals surface area contributed by atoms with Gasteiger partial charge in [-0.15, -0.1) is 0 Å². The summed E-state index contributed by atoms with van der Waals surface area (Å²) in [7, 11) is 0. The number of anilines is 1. The van der Waals surface area contributed by atoms with Crippen molar-refractivity contribution in [2.24, 2.45) is 17.8 Å². The summed E-state index contributed by atoms with van der Waals surface area (Å²) in [6.45, 7) is 1.92. The van der Waals surface area contributed by atoms with Crippen LogP contribution in [0.15, 0.2) is 30.4 Å². The Labute approximate surface area is 170 Å². The highest BCUT2D eigenvalue weighted by atomic mass is 35.5. The van der Waals surface area contributed by atoms with E-state index < -0.39 is 0 Å². The first-order valence-electron chi connectivity index (χ1n) is 10.0. The molecule has 2 fully saturated rings. The van der Waals surface area contributed by atoms with Crippen molar-refractivity contribution in [3.8, 4) is 0 Å². The fraction of sp³-hybridized carbons (Fsp3) is 0.500. The normalized spacial score (nSPS) is 29.7. The Kier molecular flexibility index (Phi) is 5.28. The lowest BCUT2D eigenvalue weighted by Crippen LogP contribution is -2.43. The van der Waals surface area contributed by atoms with Crippen LogP contribution in [-0.4, -0.2) is 28.7 Å². The van der Waals surface area contributed by atoms with Gasteiger partial charge >= 0.3 is 0 Å². The molecule has 2 aliphatic carbocycles. The van der Waals surface area contributed by atoms with Crippen molar-refractivity contribution in [2.75, 3.05) is 5.32 Å². The number of carbonyl (C=O) groups excluding carboxylic acids is 3. The van der Waals surface area contributed by atoms with Crippen molar-refractivity contribution in [1.29, 1.82) is 0 Å². The zero-order valence-corrected chi connectivity index (χ0v) is 16.7. The Morgan fingerprint density at radius 1 is 1.04 bits per heavy atom. The highest BCUT2D eigenvalue weighted by molar-refractivity contribution is 6.31. The fourth-order valence-corrected chi connectivity index (χ4v) is 4.88. The maximum atomic E-state index is 12.7. The topological polar surface area (TPSA) is 66.5 Å². The molecule has 0 radical (unpaired) electrons. The SMILES string of the molecule is Cc1ccc(NC(=O)C2CCC(N3C(=O)[C@H]4CC=CC[C@@H]4C3=O)CC2)cc1Cl. The van der Waals surface area contributed by atoms with E-state index in [9.17, 15) is 14.4 Å². The first-order chi connectivity index (χ1) is 13.5. The van der Waals surface area contributed by atoms with Crippen molar-refractivity contribution >= 4 is 35.0 Å². The van der Waals surface area contributed by atoms with Crippen LogP contribution in [-0.2, 0) is 14.4 Å². The predicted octanol–water partition coefficient (Wildman–Crippen LogP) is 4.10. The van der Waals surface area contributed by atoms with E-state index in [4.69, 9.17) is 11.6 Å². The van der Waals surface area contributed by atoms with Crippen LogP contribution in [0.5, 0.6) is 0 Å². The molecule has 1 saturated carbocycles. The molecule has 1 aliphatic heterocycles. The molecule has 28 heavy (non-hydrogen) atoms. The minimum atomic E-state index is -0.176. The number of hydrogen-bond acceptors (Lipinski definition) is 3. The number of carbonyl (C=O) groups is 3. The molecule has 1 heterocycles. The molecule has 1 saturated heterocycles. The molecule has 6 heteroatoms. The van der Waals surface area contributed by atoms with Gasteiger partial charge in [-0.2, -0.15) is 0 Å². The summed E-state index contributed by atoms with van der Waals surface area (Å²) in [6, 6.07) is 5.43. The maximum absolute atomic E-state index is 12.7. The smallest absolute Gasteiger partial charge is 0.233 e. The molecule has 5 nitrogen and oxygen atoms in total. The second-order valence-electron chi connectivity index (χ2n) is 8.16. The Bertz CT molecular complexity index is 816. The highest BCUT2D eigenvalue weighted by Gasteiger charge is 2.50. The molecule has 148 valence electrons. The first kappa shape index (κ1) is 19.2. The van der Waals surface area contributed by atoms with Gasteiger partial charge in [0.15, 0.2) is 0 Å². The van der Waals surface area contributed by atoms with Crippen LogP contribution in [0.4, 0.5) is 5.69 Å². The number of allylic oxidation sites excluding steroid dienone is 2. The molecule has 0 unspecified atom stereocenters. The number of rotatable bonds is 3. The molecule has 0 aromatic heterocycles. The molecular formula is C22H25ClN2O3. The third-order valence-corrected chi connectivity index (χ3v) is 6.82. The van der Waals surface area contributed by atoms with Gasteiger partial charge in [0.05, 0.1) is 11.8 Å². The lowest BCUT2D eigenvalue weighted by Gasteiger charge is -2.33. The Morgan fingerprint density at radius 3 is 2.21 bits per heavy atom. The van der Waals surface area contributed by atoms with Crippen molar-refractivity contribution in [1.82, 2.24) is 4.90 Å². The van der Waals surface area contributed by atoms with E-state index in [0.717, 1.165) is 5.56 Å². The molecule has 0 spiro atoms. The Hall–Kier alpha value is -2.14. The van der Waals surface area contributed by atoms with E-state index >= 15 is 0 Å². The van der Waals surface area contributed by atoms with Crippen LogP contribution in [0.25, 0.3) is 0 Å². The number of imide groups is 1. The van der Waals surface area contributed by atoms with Gasteiger partial charge < -0.3 is 5.32 Å². The summed E-state index contributed by atoms with van der Waals surface area (Å²) >= 11 is 6.13. The Balaban J connectivity index is 1.35. The molecule has 1 aromatic carbocycles. The van der Waals surface area contributed by atoms with Crippen molar-refractivity contribution < 1.29 is 14.4 Å². The van der Waals surface area contributed by atoms with Crippen LogP contribution < -0.4 is 5.32 Å². The average molecular weight is 401 g/mol. The van der Waals surface area contributed by atoms with Crippen molar-refractivity contribution in [3.05, 3.63) is 40.9 Å². The van der Waals surface area contributed by atoms with Gasteiger partial charge in [-0.1, -0.05) is 29.8 Å². The quantitative estimate of drug-likeness (QED) is 0.613. The Morgan fingerprint density at radius 2 is 1.64 bits per heavy atom. The van der Waals surface area contributed by atoms with Crippen LogP contribution in [0, 0.1) is 24.7 Å². The third-order valence-electron chi connectivity index (χ3n) is 6.41. The van der Waals surface area contributed by atoms with E-state index in [1.807, 2.05) is 31.2 Å². The van der Waals surface area contributed by atoms with Crippen LogP contribution >= 0.6 is 11.6 Å². The molecule has 0 bridgehead atoms. The minimum Gasteiger partial charge on any atom is -0.326 e. The minimum absolute atomic E-state index is 0.0125. The molecule has 4 rings (SSSR count). The largest absolute Gasteiger partial charge is 0.326 e. The lowest BCUT2D eigenvalue weighted by molar-refractivity contribution is -0.143. The van der Waals surface area contributed by atoms with E-state index in [2.05, 4.69) is 5.32 Å². The number of halogens is 1. The van der Waals surface area contributed by atoms with Gasteiger partial charge in [0.25, 0.3) is 0 Å². The average Bonchev–Trinajstić information content (AvgIpc) is 2.96. The summed E-state index contributed by atoms with van der Waals surface area (Å²) in [5, 5.41) is 3.57. The van der Waals surface area contributed by atoms with Gasteiger partial charge in [0.2, 0.25) is 17.7 Å². The van der Waals surface area contributed by atoms with E-state index in [1.54, 1.807) is 6.07 Å². The zero-order chi connectivity index (χ0) is 19.8. The van der Waals surface area contributed by atoms with Gasteiger partial charge in [-0.25, -0.2) is 0 Å². The van der Waals surface area contributed by atoms with Crippen molar-refractivity contribution in [2.45, 2.75) is 51.5 Å². The summed E-state index contributed by atoms with van der Waals surface area (Å²) in [4.78, 5) is 39.6. The highest BCUT2D eigenvalue weighted by Crippen LogP contribution is 2.39. The van der Waals surface area contributed by atoms with E-state index in [0.29, 0.717) is 49.2 Å². The van der Waals surface area contributed by atoms with Crippen LogP contribution in [0.2, 0.25) is 5.02 Å². The number of amides is 3. The number of nitrogens with zero attached hydrogens (tertiary/aromatic N) is 1. The lowest BCUT2D eigenvalue weighted by atomic mass is 9.84. The third kappa shape index (κ3) is 3.48. The van der Waals surface area contributed by atoms with Crippen molar-refractivity contribution in [3.63, 3.8) is 0 Å². The first-order valence-corrected chi connectivity index (χ1v) is 10.4. The van der Waals surface area contributed by atoms with Crippen LogP contribution in [0.1, 0.15) is 44.1 Å². The fourth-order valence-electron chi connectivity index (χ4n) is 4.70.